The molecular weight excluding hydrogens is 258 g/mol. The first-order valence-corrected chi connectivity index (χ1v) is 6.60. The Bertz CT molecular complexity index is 690. The number of anilines is 1. The second kappa shape index (κ2) is 3.96. The summed E-state index contributed by atoms with van der Waals surface area (Å²) in [6, 6.07) is 1.85. The summed E-state index contributed by atoms with van der Waals surface area (Å²) in [5.41, 5.74) is 1.61. The molecule has 6 nitrogen and oxygen atoms in total. The van der Waals surface area contributed by atoms with Crippen LogP contribution < -0.4 is 9.64 Å². The molecule has 2 aliphatic heterocycles. The topological polar surface area (TPSA) is 56.1 Å². The number of hydrogen-bond acceptors (Lipinski definition) is 4. The molecule has 0 radical (unpaired) electrons. The van der Waals surface area contributed by atoms with Crippen molar-refractivity contribution in [2.24, 2.45) is 5.41 Å². The number of carbonyl (C=O) groups is 1. The van der Waals surface area contributed by atoms with Crippen LogP contribution >= 0.6 is 0 Å². The number of ether oxygens (including phenoxy) is 2. The van der Waals surface area contributed by atoms with E-state index in [2.05, 4.69) is 4.98 Å². The second-order valence-electron chi connectivity index (χ2n) is 5.57. The third kappa shape index (κ3) is 1.54. The fourth-order valence-electron chi connectivity index (χ4n) is 3.00. The quantitative estimate of drug-likeness (QED) is 0.822. The Hall–Kier alpha value is -2.08. The van der Waals surface area contributed by atoms with Gasteiger partial charge >= 0.3 is 0 Å². The minimum Gasteiger partial charge on any atom is -0.494 e. The Labute approximate surface area is 115 Å². The summed E-state index contributed by atoms with van der Waals surface area (Å²) in [4.78, 5) is 18.4. The molecule has 1 amide bonds. The van der Waals surface area contributed by atoms with Crippen LogP contribution in [0.3, 0.4) is 0 Å². The Morgan fingerprint density at radius 3 is 2.95 bits per heavy atom. The summed E-state index contributed by atoms with van der Waals surface area (Å²) in [6.45, 7) is 2.04. The van der Waals surface area contributed by atoms with E-state index in [1.54, 1.807) is 18.2 Å². The monoisotopic (exact) mass is 273 g/mol. The van der Waals surface area contributed by atoms with Gasteiger partial charge in [0.15, 0.2) is 0 Å². The van der Waals surface area contributed by atoms with E-state index in [0.29, 0.717) is 31.9 Å². The number of pyridine rings is 1. The molecule has 4 heterocycles. The van der Waals surface area contributed by atoms with E-state index in [9.17, 15) is 4.79 Å². The Morgan fingerprint density at radius 2 is 2.30 bits per heavy atom. The van der Waals surface area contributed by atoms with Gasteiger partial charge in [0.25, 0.3) is 0 Å². The van der Waals surface area contributed by atoms with Crippen LogP contribution in [0.2, 0.25) is 0 Å². The van der Waals surface area contributed by atoms with Gasteiger partial charge in [0.2, 0.25) is 5.91 Å². The number of aromatic nitrogens is 2. The van der Waals surface area contributed by atoms with Crippen LogP contribution in [-0.2, 0) is 9.53 Å². The molecule has 2 saturated heterocycles. The van der Waals surface area contributed by atoms with Crippen LogP contribution in [0.1, 0.15) is 6.42 Å². The van der Waals surface area contributed by atoms with Crippen LogP contribution in [0.4, 0.5) is 5.69 Å². The molecule has 0 unspecified atom stereocenters. The molecule has 0 bridgehead atoms. The van der Waals surface area contributed by atoms with Crippen molar-refractivity contribution in [3.8, 4) is 5.75 Å². The molecule has 20 heavy (non-hydrogen) atoms. The van der Waals surface area contributed by atoms with E-state index >= 15 is 0 Å². The zero-order chi connectivity index (χ0) is 13.7. The minimum absolute atomic E-state index is 0.00594. The summed E-state index contributed by atoms with van der Waals surface area (Å²) < 4.78 is 12.6. The van der Waals surface area contributed by atoms with Gasteiger partial charge in [0, 0.05) is 43.0 Å². The van der Waals surface area contributed by atoms with E-state index < -0.39 is 0 Å². The average molecular weight is 273 g/mol. The predicted molar refractivity (Wildman–Crippen MR) is 72.0 cm³/mol. The first kappa shape index (κ1) is 11.7. The number of rotatable bonds is 2. The van der Waals surface area contributed by atoms with Crippen molar-refractivity contribution in [3.63, 3.8) is 0 Å². The fourth-order valence-corrected chi connectivity index (χ4v) is 3.00. The molecule has 6 heteroatoms. The number of imidazole rings is 1. The maximum Gasteiger partial charge on any atom is 0.227 e. The second-order valence-corrected chi connectivity index (χ2v) is 5.57. The summed E-state index contributed by atoms with van der Waals surface area (Å²) >= 11 is 0. The van der Waals surface area contributed by atoms with Crippen LogP contribution in [0.25, 0.3) is 5.65 Å². The van der Waals surface area contributed by atoms with Gasteiger partial charge in [0.05, 0.1) is 20.3 Å². The number of amides is 1. The van der Waals surface area contributed by atoms with Crippen molar-refractivity contribution in [1.29, 1.82) is 0 Å². The third-order valence-electron chi connectivity index (χ3n) is 4.12. The summed E-state index contributed by atoms with van der Waals surface area (Å²) in [5, 5.41) is 0. The van der Waals surface area contributed by atoms with Crippen molar-refractivity contribution in [1.82, 2.24) is 9.38 Å². The normalized spacial score (nSPS) is 20.6. The summed E-state index contributed by atoms with van der Waals surface area (Å²) in [5.74, 6) is 0.806. The summed E-state index contributed by atoms with van der Waals surface area (Å²) in [6.07, 6.45) is 6.04. The van der Waals surface area contributed by atoms with E-state index in [0.717, 1.165) is 11.3 Å². The zero-order valence-corrected chi connectivity index (χ0v) is 11.2. The minimum atomic E-state index is 0.00594. The molecule has 0 aromatic carbocycles. The van der Waals surface area contributed by atoms with Gasteiger partial charge in [-0.1, -0.05) is 0 Å². The molecule has 2 aliphatic rings. The standard InChI is InChI=1S/C14H15N3O3/c1-19-11-4-12-15-2-3-16(12)6-10(11)17-7-14(5-13(17)18)8-20-9-14/h2-4,6H,5,7-9H2,1H3. The van der Waals surface area contributed by atoms with Crippen LogP contribution in [0.5, 0.6) is 5.75 Å². The van der Waals surface area contributed by atoms with Gasteiger partial charge < -0.3 is 18.8 Å². The predicted octanol–water partition coefficient (Wildman–Crippen LogP) is 1.10. The lowest BCUT2D eigenvalue weighted by Crippen LogP contribution is -2.44. The first-order valence-electron chi connectivity index (χ1n) is 6.60. The van der Waals surface area contributed by atoms with E-state index in [1.807, 2.05) is 22.9 Å². The van der Waals surface area contributed by atoms with E-state index in [-0.39, 0.29) is 11.3 Å². The van der Waals surface area contributed by atoms with Gasteiger partial charge in [-0.2, -0.15) is 0 Å². The number of carbonyl (C=O) groups excluding carboxylic acids is 1. The van der Waals surface area contributed by atoms with E-state index in [1.165, 1.54) is 0 Å². The highest BCUT2D eigenvalue weighted by Gasteiger charge is 2.49. The number of fused-ring (bicyclic) bond motifs is 1. The highest BCUT2D eigenvalue weighted by atomic mass is 16.5. The largest absolute Gasteiger partial charge is 0.494 e. The van der Waals surface area contributed by atoms with Crippen LogP contribution in [0.15, 0.2) is 24.7 Å². The number of nitrogens with zero attached hydrogens (tertiary/aromatic N) is 3. The molecule has 2 fully saturated rings. The Kier molecular flexibility index (Phi) is 2.32. The molecule has 2 aromatic heterocycles. The maximum absolute atomic E-state index is 12.3. The Balaban J connectivity index is 1.78. The van der Waals surface area contributed by atoms with Crippen molar-refractivity contribution < 1.29 is 14.3 Å². The molecule has 0 aliphatic carbocycles. The molecule has 0 saturated carbocycles. The van der Waals surface area contributed by atoms with Crippen molar-refractivity contribution >= 4 is 17.2 Å². The van der Waals surface area contributed by atoms with Crippen molar-refractivity contribution in [2.75, 3.05) is 31.8 Å². The van der Waals surface area contributed by atoms with Gasteiger partial charge in [-0.3, -0.25) is 4.79 Å². The van der Waals surface area contributed by atoms with Crippen LogP contribution in [0, 0.1) is 5.41 Å². The lowest BCUT2D eigenvalue weighted by Gasteiger charge is -2.37. The molecule has 4 rings (SSSR count). The SMILES string of the molecule is COc1cc2nccn2cc1N1CC2(COC2)CC1=O. The molecule has 2 aromatic rings. The van der Waals surface area contributed by atoms with E-state index in [4.69, 9.17) is 9.47 Å². The van der Waals surface area contributed by atoms with Gasteiger partial charge in [-0.25, -0.2) is 4.98 Å². The fraction of sp³-hybridized carbons (Fsp3) is 0.429. The van der Waals surface area contributed by atoms with Crippen molar-refractivity contribution in [3.05, 3.63) is 24.7 Å². The smallest absolute Gasteiger partial charge is 0.227 e. The lowest BCUT2D eigenvalue weighted by molar-refractivity contribution is -0.126. The van der Waals surface area contributed by atoms with Gasteiger partial charge in [-0.05, 0) is 0 Å². The molecular formula is C14H15N3O3. The first-order chi connectivity index (χ1) is 9.71. The molecule has 104 valence electrons. The molecule has 1 spiro atoms. The van der Waals surface area contributed by atoms with Crippen LogP contribution in [-0.4, -0.2) is 42.2 Å². The van der Waals surface area contributed by atoms with Crippen molar-refractivity contribution in [2.45, 2.75) is 6.42 Å². The highest BCUT2D eigenvalue weighted by molar-refractivity contribution is 5.98. The number of hydrogen-bond donors (Lipinski definition) is 0. The lowest BCUT2D eigenvalue weighted by atomic mass is 9.85. The zero-order valence-electron chi connectivity index (χ0n) is 11.2. The summed E-state index contributed by atoms with van der Waals surface area (Å²) in [7, 11) is 1.61. The van der Waals surface area contributed by atoms with Gasteiger partial charge in [-0.15, -0.1) is 0 Å². The Morgan fingerprint density at radius 1 is 1.45 bits per heavy atom. The van der Waals surface area contributed by atoms with Gasteiger partial charge in [0.1, 0.15) is 17.1 Å². The third-order valence-corrected chi connectivity index (χ3v) is 4.12. The molecule has 0 atom stereocenters. The number of methoxy groups -OCH3 is 1. The average Bonchev–Trinajstić information content (AvgIpc) is 2.99. The highest BCUT2D eigenvalue weighted by Crippen LogP contribution is 2.42. The molecule has 0 N–H and O–H groups in total. The maximum atomic E-state index is 12.3.